The first-order valence-corrected chi connectivity index (χ1v) is 8.12. The van der Waals surface area contributed by atoms with Crippen LogP contribution in [0.5, 0.6) is 0 Å². The molecule has 2 aromatic carbocycles. The third-order valence-electron chi connectivity index (χ3n) is 3.72. The summed E-state index contributed by atoms with van der Waals surface area (Å²) in [5.74, 6) is -0.0713. The minimum atomic E-state index is -0.0713. The molecule has 0 bridgehead atoms. The van der Waals surface area contributed by atoms with Crippen LogP contribution in [0, 0.1) is 0 Å². The molecule has 0 aliphatic rings. The number of hydrogen-bond acceptors (Lipinski definition) is 3. The Bertz CT molecular complexity index is 798. The van der Waals surface area contributed by atoms with Crippen molar-refractivity contribution in [1.29, 1.82) is 0 Å². The number of rotatable bonds is 6. The first-order valence-electron chi connectivity index (χ1n) is 7.75. The molecule has 1 amide bonds. The normalized spacial score (nSPS) is 10.5. The molecule has 0 aliphatic carbocycles. The third kappa shape index (κ3) is 4.24. The van der Waals surface area contributed by atoms with Gasteiger partial charge in [0.05, 0.1) is 6.20 Å². The van der Waals surface area contributed by atoms with Gasteiger partial charge in [-0.05, 0) is 48.2 Å². The molecule has 0 fully saturated rings. The highest BCUT2D eigenvalue weighted by Crippen LogP contribution is 2.22. The zero-order chi connectivity index (χ0) is 16.8. The van der Waals surface area contributed by atoms with Gasteiger partial charge in [0.25, 0.3) is 5.91 Å². The lowest BCUT2D eigenvalue weighted by Gasteiger charge is -2.06. The maximum Gasteiger partial charge on any atom is 0.251 e. The molecule has 5 heteroatoms. The topological polar surface area (TPSA) is 55.1 Å². The van der Waals surface area contributed by atoms with Crippen LogP contribution >= 0.6 is 11.6 Å². The van der Waals surface area contributed by atoms with E-state index in [0.717, 1.165) is 29.5 Å². The number of amides is 1. The van der Waals surface area contributed by atoms with E-state index in [1.807, 2.05) is 48.5 Å². The van der Waals surface area contributed by atoms with Gasteiger partial charge in [-0.3, -0.25) is 4.79 Å². The Hall–Kier alpha value is -2.59. The summed E-state index contributed by atoms with van der Waals surface area (Å²) in [6.45, 7) is 0.611. The van der Waals surface area contributed by atoms with E-state index in [0.29, 0.717) is 17.1 Å². The molecule has 0 atom stereocenters. The molecule has 0 unspecified atom stereocenters. The fraction of sp³-hybridized carbons (Fsp3) is 0.158. The van der Waals surface area contributed by atoms with Gasteiger partial charge in [0, 0.05) is 22.7 Å². The summed E-state index contributed by atoms with van der Waals surface area (Å²) in [4.78, 5) is 12.1. The number of carbonyl (C=O) groups excluding carboxylic acids is 1. The maximum atomic E-state index is 12.1. The van der Waals surface area contributed by atoms with Crippen molar-refractivity contribution in [2.45, 2.75) is 12.8 Å². The molecule has 0 spiro atoms. The number of aryl methyl sites for hydroxylation is 1. The molecule has 24 heavy (non-hydrogen) atoms. The second-order valence-electron chi connectivity index (χ2n) is 5.48. The van der Waals surface area contributed by atoms with Crippen LogP contribution in [0.1, 0.15) is 22.3 Å². The smallest absolute Gasteiger partial charge is 0.251 e. The van der Waals surface area contributed by atoms with E-state index in [1.54, 1.807) is 12.5 Å². The van der Waals surface area contributed by atoms with Crippen molar-refractivity contribution in [1.82, 2.24) is 10.5 Å². The Morgan fingerprint density at radius 1 is 1.12 bits per heavy atom. The average Bonchev–Trinajstić information content (AvgIpc) is 3.12. The fourth-order valence-electron chi connectivity index (χ4n) is 2.43. The minimum Gasteiger partial charge on any atom is -0.364 e. The molecule has 1 aromatic heterocycles. The second-order valence-corrected chi connectivity index (χ2v) is 5.92. The van der Waals surface area contributed by atoms with Crippen LogP contribution in [0.2, 0.25) is 5.02 Å². The number of aromatic nitrogens is 1. The molecule has 1 N–H and O–H groups in total. The Morgan fingerprint density at radius 3 is 2.67 bits per heavy atom. The molecule has 0 saturated carbocycles. The largest absolute Gasteiger partial charge is 0.364 e. The van der Waals surface area contributed by atoms with Gasteiger partial charge in [-0.25, -0.2) is 0 Å². The summed E-state index contributed by atoms with van der Waals surface area (Å²) in [6, 6.07) is 15.2. The van der Waals surface area contributed by atoms with Gasteiger partial charge in [-0.2, -0.15) is 0 Å². The average molecular weight is 341 g/mol. The Balaban J connectivity index is 1.54. The van der Waals surface area contributed by atoms with E-state index >= 15 is 0 Å². The first-order chi connectivity index (χ1) is 11.7. The van der Waals surface area contributed by atoms with Crippen LogP contribution in [0.15, 0.2) is 65.5 Å². The predicted octanol–water partition coefficient (Wildman–Crippen LogP) is 4.36. The summed E-state index contributed by atoms with van der Waals surface area (Å²) in [5.41, 5.74) is 3.74. The molecule has 0 aliphatic heterocycles. The fourth-order valence-corrected chi connectivity index (χ4v) is 2.62. The van der Waals surface area contributed by atoms with Crippen LogP contribution in [-0.4, -0.2) is 17.6 Å². The maximum absolute atomic E-state index is 12.1. The molecule has 1 heterocycles. The van der Waals surface area contributed by atoms with Gasteiger partial charge in [0.15, 0.2) is 0 Å². The SMILES string of the molecule is O=C(NCCCc1cnoc1)c1ccc(-c2cccc(Cl)c2)cc1. The first kappa shape index (κ1) is 16.3. The summed E-state index contributed by atoms with van der Waals surface area (Å²) in [6.07, 6.45) is 4.98. The van der Waals surface area contributed by atoms with E-state index < -0.39 is 0 Å². The third-order valence-corrected chi connectivity index (χ3v) is 3.95. The summed E-state index contributed by atoms with van der Waals surface area (Å²) >= 11 is 6.01. The van der Waals surface area contributed by atoms with Crippen molar-refractivity contribution in [2.24, 2.45) is 0 Å². The van der Waals surface area contributed by atoms with Crippen LogP contribution < -0.4 is 5.32 Å². The van der Waals surface area contributed by atoms with Crippen molar-refractivity contribution in [3.8, 4) is 11.1 Å². The lowest BCUT2D eigenvalue weighted by Crippen LogP contribution is -2.24. The Morgan fingerprint density at radius 2 is 1.96 bits per heavy atom. The highest BCUT2D eigenvalue weighted by molar-refractivity contribution is 6.30. The van der Waals surface area contributed by atoms with Gasteiger partial charge in [-0.15, -0.1) is 0 Å². The predicted molar refractivity (Wildman–Crippen MR) is 94.0 cm³/mol. The van der Waals surface area contributed by atoms with E-state index in [9.17, 15) is 4.79 Å². The quantitative estimate of drug-likeness (QED) is 0.678. The highest BCUT2D eigenvalue weighted by atomic mass is 35.5. The van der Waals surface area contributed by atoms with E-state index in [-0.39, 0.29) is 5.91 Å². The van der Waals surface area contributed by atoms with Crippen molar-refractivity contribution in [2.75, 3.05) is 6.54 Å². The lowest BCUT2D eigenvalue weighted by molar-refractivity contribution is 0.0953. The van der Waals surface area contributed by atoms with Gasteiger partial charge < -0.3 is 9.84 Å². The van der Waals surface area contributed by atoms with Crippen LogP contribution in [0.25, 0.3) is 11.1 Å². The number of hydrogen-bond donors (Lipinski definition) is 1. The van der Waals surface area contributed by atoms with Gasteiger partial charge in [0.1, 0.15) is 6.26 Å². The zero-order valence-electron chi connectivity index (χ0n) is 13.0. The Labute approximate surface area is 145 Å². The molecule has 4 nitrogen and oxygen atoms in total. The van der Waals surface area contributed by atoms with Crippen LogP contribution in [0.3, 0.4) is 0 Å². The molecular weight excluding hydrogens is 324 g/mol. The standard InChI is InChI=1S/C19H17ClN2O2/c20-18-5-1-4-17(11-18)15-6-8-16(9-7-15)19(23)21-10-2-3-14-12-22-24-13-14/h1,4-9,11-13H,2-3,10H2,(H,21,23). The number of benzene rings is 2. The highest BCUT2D eigenvalue weighted by Gasteiger charge is 2.06. The Kier molecular flexibility index (Phi) is 5.29. The van der Waals surface area contributed by atoms with Crippen molar-refractivity contribution >= 4 is 17.5 Å². The van der Waals surface area contributed by atoms with Crippen LogP contribution in [0.4, 0.5) is 0 Å². The second kappa shape index (κ2) is 7.79. The van der Waals surface area contributed by atoms with Gasteiger partial charge in [-0.1, -0.05) is 41.0 Å². The zero-order valence-corrected chi connectivity index (χ0v) is 13.8. The number of carbonyl (C=O) groups is 1. The number of nitrogens with zero attached hydrogens (tertiary/aromatic N) is 1. The van der Waals surface area contributed by atoms with Crippen molar-refractivity contribution < 1.29 is 9.32 Å². The molecule has 3 rings (SSSR count). The molecule has 122 valence electrons. The molecule has 0 radical (unpaired) electrons. The summed E-state index contributed by atoms with van der Waals surface area (Å²) < 4.78 is 4.77. The number of nitrogens with one attached hydrogen (secondary N) is 1. The lowest BCUT2D eigenvalue weighted by atomic mass is 10.0. The van der Waals surface area contributed by atoms with E-state index in [4.69, 9.17) is 16.1 Å². The monoisotopic (exact) mass is 340 g/mol. The van der Waals surface area contributed by atoms with E-state index in [1.165, 1.54) is 0 Å². The number of halogens is 1. The summed E-state index contributed by atoms with van der Waals surface area (Å²) in [5, 5.41) is 7.27. The summed E-state index contributed by atoms with van der Waals surface area (Å²) in [7, 11) is 0. The van der Waals surface area contributed by atoms with Gasteiger partial charge in [0.2, 0.25) is 0 Å². The van der Waals surface area contributed by atoms with Crippen molar-refractivity contribution in [3.63, 3.8) is 0 Å². The van der Waals surface area contributed by atoms with Crippen molar-refractivity contribution in [3.05, 3.63) is 77.1 Å². The van der Waals surface area contributed by atoms with Gasteiger partial charge >= 0.3 is 0 Å². The minimum absolute atomic E-state index is 0.0713. The molecule has 3 aromatic rings. The molecule has 0 saturated heterocycles. The molecular formula is C19H17ClN2O2. The van der Waals surface area contributed by atoms with E-state index in [2.05, 4.69) is 10.5 Å². The van der Waals surface area contributed by atoms with Crippen LogP contribution in [-0.2, 0) is 6.42 Å².